The van der Waals surface area contributed by atoms with Gasteiger partial charge in [-0.3, -0.25) is 9.36 Å². The van der Waals surface area contributed by atoms with E-state index in [4.69, 9.17) is 0 Å². The summed E-state index contributed by atoms with van der Waals surface area (Å²) in [5.41, 5.74) is 2.69. The van der Waals surface area contributed by atoms with Gasteiger partial charge in [-0.05, 0) is 24.1 Å². The lowest BCUT2D eigenvalue weighted by molar-refractivity contribution is 0.0949. The number of carbonyl (C=O) groups is 1. The quantitative estimate of drug-likeness (QED) is 0.374. The topological polar surface area (TPSA) is 72.7 Å². The number of nitrogens with zero attached hydrogens (tertiary/aromatic N) is 4. The Morgan fingerprint density at radius 2 is 1.81 bits per heavy atom. The maximum atomic E-state index is 12.1. The number of benzene rings is 2. The Labute approximate surface area is 189 Å². The Morgan fingerprint density at radius 1 is 1.06 bits per heavy atom. The number of hydrogen-bond acceptors (Lipinski definition) is 6. The number of thioether (sulfide) groups is 1. The summed E-state index contributed by atoms with van der Waals surface area (Å²) >= 11 is 3.07. The molecule has 4 rings (SSSR count). The predicted molar refractivity (Wildman–Crippen MR) is 125 cm³/mol. The van der Waals surface area contributed by atoms with Crippen molar-refractivity contribution in [3.8, 4) is 5.69 Å². The van der Waals surface area contributed by atoms with Crippen molar-refractivity contribution < 1.29 is 4.79 Å². The lowest BCUT2D eigenvalue weighted by atomic mass is 10.1. The van der Waals surface area contributed by atoms with Crippen LogP contribution in [0.2, 0.25) is 0 Å². The highest BCUT2D eigenvalue weighted by molar-refractivity contribution is 7.98. The summed E-state index contributed by atoms with van der Waals surface area (Å²) in [5.74, 6) is 1.40. The lowest BCUT2D eigenvalue weighted by Crippen LogP contribution is -2.24. The molecule has 2 aromatic heterocycles. The summed E-state index contributed by atoms with van der Waals surface area (Å²) in [6, 6.07) is 20.4. The van der Waals surface area contributed by atoms with Crippen LogP contribution in [-0.4, -0.2) is 32.2 Å². The van der Waals surface area contributed by atoms with Gasteiger partial charge in [-0.25, -0.2) is 4.98 Å². The molecular weight excluding hydrogens is 426 g/mol. The second-order valence-corrected chi connectivity index (χ2v) is 8.79. The van der Waals surface area contributed by atoms with Gasteiger partial charge >= 0.3 is 0 Å². The Morgan fingerprint density at radius 3 is 2.55 bits per heavy atom. The van der Waals surface area contributed by atoms with Crippen LogP contribution in [-0.2, 0) is 12.2 Å². The molecule has 1 amide bonds. The minimum atomic E-state index is -0.119. The summed E-state index contributed by atoms with van der Waals surface area (Å²) in [5, 5.41) is 15.3. The highest BCUT2D eigenvalue weighted by Gasteiger charge is 2.16. The van der Waals surface area contributed by atoms with Gasteiger partial charge in [-0.1, -0.05) is 67.2 Å². The van der Waals surface area contributed by atoms with E-state index in [-0.39, 0.29) is 5.91 Å². The van der Waals surface area contributed by atoms with E-state index in [0.717, 1.165) is 28.1 Å². The van der Waals surface area contributed by atoms with E-state index in [0.29, 0.717) is 24.4 Å². The van der Waals surface area contributed by atoms with Crippen molar-refractivity contribution in [3.63, 3.8) is 0 Å². The Bertz CT molecular complexity index is 1130. The summed E-state index contributed by atoms with van der Waals surface area (Å²) in [7, 11) is 0. The van der Waals surface area contributed by atoms with Crippen LogP contribution in [0, 0.1) is 0 Å². The molecule has 4 aromatic rings. The van der Waals surface area contributed by atoms with Gasteiger partial charge in [0, 0.05) is 24.0 Å². The first kappa shape index (κ1) is 21.3. The van der Waals surface area contributed by atoms with E-state index >= 15 is 0 Å². The summed E-state index contributed by atoms with van der Waals surface area (Å²) in [4.78, 5) is 16.6. The first-order valence-corrected chi connectivity index (χ1v) is 12.0. The number of thiazole rings is 1. The van der Waals surface area contributed by atoms with Crippen molar-refractivity contribution in [2.75, 3.05) is 6.54 Å². The molecule has 0 radical (unpaired) electrons. The minimum Gasteiger partial charge on any atom is -0.351 e. The van der Waals surface area contributed by atoms with Gasteiger partial charge in [-0.15, -0.1) is 21.5 Å². The third-order valence-electron chi connectivity index (χ3n) is 4.56. The third kappa shape index (κ3) is 5.39. The molecule has 1 N–H and O–H groups in total. The van der Waals surface area contributed by atoms with E-state index in [1.54, 1.807) is 11.8 Å². The minimum absolute atomic E-state index is 0.119. The molecule has 0 unspecified atom stereocenters. The van der Waals surface area contributed by atoms with Gasteiger partial charge in [0.25, 0.3) is 5.91 Å². The van der Waals surface area contributed by atoms with Gasteiger partial charge in [0.15, 0.2) is 5.16 Å². The van der Waals surface area contributed by atoms with Gasteiger partial charge in [0.05, 0.1) is 5.75 Å². The maximum absolute atomic E-state index is 12.1. The Balaban J connectivity index is 1.53. The van der Waals surface area contributed by atoms with Gasteiger partial charge < -0.3 is 5.32 Å². The molecule has 0 bridgehead atoms. The zero-order valence-electron chi connectivity index (χ0n) is 17.2. The van der Waals surface area contributed by atoms with Crippen LogP contribution in [0.5, 0.6) is 0 Å². The smallest absolute Gasteiger partial charge is 0.270 e. The van der Waals surface area contributed by atoms with Gasteiger partial charge in [-0.2, -0.15) is 0 Å². The van der Waals surface area contributed by atoms with Crippen LogP contribution >= 0.6 is 23.1 Å². The monoisotopic (exact) mass is 449 g/mol. The van der Waals surface area contributed by atoms with E-state index in [2.05, 4.69) is 49.3 Å². The summed E-state index contributed by atoms with van der Waals surface area (Å²) in [6.07, 6.45) is 1.60. The molecule has 2 heterocycles. The number of hydrogen-bond donors (Lipinski definition) is 1. The number of aromatic nitrogens is 4. The molecule has 0 saturated carbocycles. The standard InChI is InChI=1S/C23H23N5OS2/c1-2-13-24-22(29)19-15-30-21(25-19)16-31-23-27-26-20(14-17-9-5-3-6-10-17)28(23)18-11-7-4-8-12-18/h3-12,15H,2,13-14,16H2,1H3,(H,24,29). The number of nitrogens with one attached hydrogen (secondary N) is 1. The number of amides is 1. The van der Waals surface area contributed by atoms with Crippen LogP contribution in [0.15, 0.2) is 71.2 Å². The Hall–Kier alpha value is -2.97. The van der Waals surface area contributed by atoms with Gasteiger partial charge in [0.2, 0.25) is 0 Å². The highest BCUT2D eigenvalue weighted by atomic mass is 32.2. The molecule has 31 heavy (non-hydrogen) atoms. The van der Waals surface area contributed by atoms with E-state index in [9.17, 15) is 4.79 Å². The van der Waals surface area contributed by atoms with Crippen molar-refractivity contribution >= 4 is 29.0 Å². The van der Waals surface area contributed by atoms with Crippen molar-refractivity contribution in [2.45, 2.75) is 30.7 Å². The maximum Gasteiger partial charge on any atom is 0.270 e. The van der Waals surface area contributed by atoms with E-state index < -0.39 is 0 Å². The first-order chi connectivity index (χ1) is 15.2. The molecule has 8 heteroatoms. The number of para-hydroxylation sites is 1. The van der Waals surface area contributed by atoms with Crippen LogP contribution < -0.4 is 5.32 Å². The largest absolute Gasteiger partial charge is 0.351 e. The predicted octanol–water partition coefficient (Wildman–Crippen LogP) is 4.75. The van der Waals surface area contributed by atoms with E-state index in [1.165, 1.54) is 16.9 Å². The van der Waals surface area contributed by atoms with Crippen LogP contribution in [0.1, 0.15) is 40.2 Å². The molecule has 0 aliphatic rings. The summed E-state index contributed by atoms with van der Waals surface area (Å²) < 4.78 is 2.10. The normalized spacial score (nSPS) is 10.9. The number of carbonyl (C=O) groups excluding carboxylic acids is 1. The fraction of sp³-hybridized carbons (Fsp3) is 0.217. The lowest BCUT2D eigenvalue weighted by Gasteiger charge is -2.10. The number of rotatable bonds is 9. The van der Waals surface area contributed by atoms with E-state index in [1.807, 2.05) is 48.7 Å². The summed E-state index contributed by atoms with van der Waals surface area (Å²) in [6.45, 7) is 2.68. The van der Waals surface area contributed by atoms with Crippen molar-refractivity contribution in [2.24, 2.45) is 0 Å². The second-order valence-electron chi connectivity index (χ2n) is 6.90. The molecular formula is C23H23N5OS2. The van der Waals surface area contributed by atoms with Crippen LogP contribution in [0.25, 0.3) is 5.69 Å². The first-order valence-electron chi connectivity index (χ1n) is 10.1. The van der Waals surface area contributed by atoms with Crippen molar-refractivity contribution in [1.29, 1.82) is 0 Å². The third-order valence-corrected chi connectivity index (χ3v) is 6.54. The molecule has 0 saturated heterocycles. The van der Waals surface area contributed by atoms with Crippen molar-refractivity contribution in [1.82, 2.24) is 25.1 Å². The highest BCUT2D eigenvalue weighted by Crippen LogP contribution is 2.27. The van der Waals surface area contributed by atoms with Crippen molar-refractivity contribution in [3.05, 3.63) is 88.1 Å². The fourth-order valence-electron chi connectivity index (χ4n) is 3.06. The molecule has 0 spiro atoms. The average molecular weight is 450 g/mol. The Kier molecular flexibility index (Phi) is 7.11. The molecule has 0 aliphatic carbocycles. The molecule has 2 aromatic carbocycles. The molecule has 6 nitrogen and oxygen atoms in total. The molecule has 158 valence electrons. The zero-order valence-corrected chi connectivity index (χ0v) is 18.8. The van der Waals surface area contributed by atoms with Gasteiger partial charge in [0.1, 0.15) is 16.5 Å². The zero-order chi connectivity index (χ0) is 21.5. The van der Waals surface area contributed by atoms with Crippen LogP contribution in [0.3, 0.4) is 0 Å². The fourth-order valence-corrected chi connectivity index (χ4v) is 4.82. The molecule has 0 fully saturated rings. The average Bonchev–Trinajstić information content (AvgIpc) is 3.44. The molecule has 0 atom stereocenters. The second kappa shape index (κ2) is 10.4. The van der Waals surface area contributed by atoms with Crippen LogP contribution in [0.4, 0.5) is 0 Å². The molecule has 0 aliphatic heterocycles. The SMILES string of the molecule is CCCNC(=O)c1csc(CSc2nnc(Cc3ccccc3)n2-c2ccccc2)n1.